The van der Waals surface area contributed by atoms with Crippen molar-refractivity contribution in [2.24, 2.45) is 0 Å². The van der Waals surface area contributed by atoms with Crippen LogP contribution in [0.3, 0.4) is 0 Å². The zero-order valence-corrected chi connectivity index (χ0v) is 10.4. The third-order valence-electron chi connectivity index (χ3n) is 3.00. The number of nitrogens with zero attached hydrogens (tertiary/aromatic N) is 1. The average Bonchev–Trinajstić information content (AvgIpc) is 2.45. The van der Waals surface area contributed by atoms with Gasteiger partial charge < -0.3 is 11.1 Å². The van der Waals surface area contributed by atoms with Crippen LogP contribution >= 0.6 is 0 Å². The summed E-state index contributed by atoms with van der Waals surface area (Å²) < 4.78 is 26.8. The summed E-state index contributed by atoms with van der Waals surface area (Å²) in [4.78, 5) is 3.69. The molecule has 3 nitrogen and oxygen atoms in total. The summed E-state index contributed by atoms with van der Waals surface area (Å²) in [5, 5.41) is 4.77. The van der Waals surface area contributed by atoms with Crippen LogP contribution in [0.1, 0.15) is 0 Å². The van der Waals surface area contributed by atoms with Gasteiger partial charge in [-0.2, -0.15) is 0 Å². The number of hydrogen-bond acceptors (Lipinski definition) is 3. The maximum absolute atomic E-state index is 13.7. The van der Waals surface area contributed by atoms with Crippen molar-refractivity contribution in [1.29, 1.82) is 0 Å². The van der Waals surface area contributed by atoms with E-state index in [0.717, 1.165) is 16.8 Å². The Labute approximate surface area is 114 Å². The van der Waals surface area contributed by atoms with Gasteiger partial charge in [0.25, 0.3) is 0 Å². The quantitative estimate of drug-likeness (QED) is 0.744. The van der Waals surface area contributed by atoms with Crippen LogP contribution in [0.25, 0.3) is 10.8 Å². The largest absolute Gasteiger partial charge is 0.381 e. The Morgan fingerprint density at radius 1 is 0.950 bits per heavy atom. The molecule has 0 fully saturated rings. The van der Waals surface area contributed by atoms with Crippen molar-refractivity contribution in [3.8, 4) is 0 Å². The molecule has 0 aliphatic heterocycles. The van der Waals surface area contributed by atoms with Crippen molar-refractivity contribution < 1.29 is 8.78 Å². The first-order chi connectivity index (χ1) is 9.65. The standard InChI is InChI=1S/C15H11F2N3/c16-11-8-12(17)15(20-14(11)18)19-13-7-3-5-9-4-1-2-6-10(9)13/h1-8H,(H3,18,19,20). The smallest absolute Gasteiger partial charge is 0.169 e. The van der Waals surface area contributed by atoms with Gasteiger partial charge in [0.2, 0.25) is 0 Å². The molecular weight excluding hydrogens is 260 g/mol. The van der Waals surface area contributed by atoms with Gasteiger partial charge >= 0.3 is 0 Å². The molecule has 1 heterocycles. The lowest BCUT2D eigenvalue weighted by Gasteiger charge is -2.10. The summed E-state index contributed by atoms with van der Waals surface area (Å²) in [5.74, 6) is -2.09. The fourth-order valence-corrected chi connectivity index (χ4v) is 2.03. The fraction of sp³-hybridized carbons (Fsp3) is 0. The Balaban J connectivity index is 2.08. The minimum absolute atomic E-state index is 0.0970. The van der Waals surface area contributed by atoms with Crippen LogP contribution in [0.4, 0.5) is 26.1 Å². The fourth-order valence-electron chi connectivity index (χ4n) is 2.03. The molecule has 5 heteroatoms. The topological polar surface area (TPSA) is 50.9 Å². The third-order valence-corrected chi connectivity index (χ3v) is 3.00. The summed E-state index contributed by atoms with van der Waals surface area (Å²) in [6, 6.07) is 14.0. The van der Waals surface area contributed by atoms with Crippen molar-refractivity contribution in [1.82, 2.24) is 4.98 Å². The van der Waals surface area contributed by atoms with Crippen molar-refractivity contribution in [2.75, 3.05) is 11.1 Å². The highest BCUT2D eigenvalue weighted by Gasteiger charge is 2.10. The van der Waals surface area contributed by atoms with Crippen LogP contribution in [-0.2, 0) is 0 Å². The Kier molecular flexibility index (Phi) is 2.95. The zero-order chi connectivity index (χ0) is 14.1. The molecule has 2 aromatic carbocycles. The number of nitrogens with one attached hydrogen (secondary N) is 1. The highest BCUT2D eigenvalue weighted by atomic mass is 19.1. The van der Waals surface area contributed by atoms with E-state index in [-0.39, 0.29) is 11.6 Å². The van der Waals surface area contributed by atoms with Crippen LogP contribution in [0.2, 0.25) is 0 Å². The molecule has 0 bridgehead atoms. The lowest BCUT2D eigenvalue weighted by Crippen LogP contribution is -2.03. The molecule has 20 heavy (non-hydrogen) atoms. The second-order valence-electron chi connectivity index (χ2n) is 4.34. The number of rotatable bonds is 2. The van der Waals surface area contributed by atoms with Gasteiger partial charge in [-0.1, -0.05) is 36.4 Å². The van der Waals surface area contributed by atoms with E-state index in [4.69, 9.17) is 5.73 Å². The molecule has 0 saturated heterocycles. The minimum atomic E-state index is -0.869. The summed E-state index contributed by atoms with van der Waals surface area (Å²) in [5.41, 5.74) is 6.04. The van der Waals surface area contributed by atoms with E-state index in [1.165, 1.54) is 0 Å². The molecule has 0 aliphatic rings. The van der Waals surface area contributed by atoms with Crippen LogP contribution in [-0.4, -0.2) is 4.98 Å². The maximum Gasteiger partial charge on any atom is 0.169 e. The SMILES string of the molecule is Nc1nc(Nc2cccc3ccccc23)c(F)cc1F. The zero-order valence-electron chi connectivity index (χ0n) is 10.4. The number of nitrogen functional groups attached to an aromatic ring is 1. The molecule has 3 N–H and O–H groups in total. The normalized spacial score (nSPS) is 10.7. The highest BCUT2D eigenvalue weighted by molar-refractivity contribution is 5.95. The van der Waals surface area contributed by atoms with Crippen molar-refractivity contribution in [2.45, 2.75) is 0 Å². The Morgan fingerprint density at radius 2 is 1.70 bits per heavy atom. The van der Waals surface area contributed by atoms with Crippen molar-refractivity contribution >= 4 is 28.1 Å². The molecule has 0 aliphatic carbocycles. The second-order valence-corrected chi connectivity index (χ2v) is 4.34. The van der Waals surface area contributed by atoms with Crippen LogP contribution < -0.4 is 11.1 Å². The number of anilines is 3. The van der Waals surface area contributed by atoms with E-state index in [9.17, 15) is 8.78 Å². The lowest BCUT2D eigenvalue weighted by atomic mass is 10.1. The molecule has 0 atom stereocenters. The minimum Gasteiger partial charge on any atom is -0.381 e. The number of fused-ring (bicyclic) bond motifs is 1. The number of pyridine rings is 1. The second kappa shape index (κ2) is 4.77. The van der Waals surface area contributed by atoms with E-state index in [2.05, 4.69) is 10.3 Å². The number of hydrogen-bond donors (Lipinski definition) is 2. The van der Waals surface area contributed by atoms with Crippen LogP contribution in [0, 0.1) is 11.6 Å². The Hall–Kier alpha value is -2.69. The lowest BCUT2D eigenvalue weighted by molar-refractivity contribution is 0.581. The van der Waals surface area contributed by atoms with E-state index in [1.54, 1.807) is 6.07 Å². The molecule has 1 aromatic heterocycles. The first-order valence-electron chi connectivity index (χ1n) is 6.01. The summed E-state index contributed by atoms with van der Waals surface area (Å²) >= 11 is 0. The highest BCUT2D eigenvalue weighted by Crippen LogP contribution is 2.27. The Bertz CT molecular complexity index is 782. The number of benzene rings is 2. The van der Waals surface area contributed by atoms with Crippen LogP contribution in [0.15, 0.2) is 48.5 Å². The number of halogens is 2. The van der Waals surface area contributed by atoms with Gasteiger partial charge in [0.05, 0.1) is 0 Å². The van der Waals surface area contributed by atoms with Gasteiger partial charge in [-0.15, -0.1) is 0 Å². The molecule has 0 radical (unpaired) electrons. The van der Waals surface area contributed by atoms with E-state index < -0.39 is 11.6 Å². The monoisotopic (exact) mass is 271 g/mol. The van der Waals surface area contributed by atoms with Crippen LogP contribution in [0.5, 0.6) is 0 Å². The van der Waals surface area contributed by atoms with Crippen molar-refractivity contribution in [3.05, 3.63) is 60.2 Å². The molecular formula is C15H11F2N3. The summed E-state index contributed by atoms with van der Waals surface area (Å²) in [7, 11) is 0. The first-order valence-corrected chi connectivity index (χ1v) is 6.01. The van der Waals surface area contributed by atoms with Gasteiger partial charge in [0.15, 0.2) is 23.3 Å². The predicted octanol–water partition coefficient (Wildman–Crippen LogP) is 3.84. The number of aromatic nitrogens is 1. The summed E-state index contributed by atoms with van der Waals surface area (Å²) in [6.45, 7) is 0. The average molecular weight is 271 g/mol. The molecule has 0 saturated carbocycles. The van der Waals surface area contributed by atoms with Gasteiger partial charge in [-0.25, -0.2) is 13.8 Å². The summed E-state index contributed by atoms with van der Waals surface area (Å²) in [6.07, 6.45) is 0. The molecule has 100 valence electrons. The molecule has 3 aromatic rings. The Morgan fingerprint density at radius 3 is 2.55 bits per heavy atom. The first kappa shape index (κ1) is 12.3. The predicted molar refractivity (Wildman–Crippen MR) is 75.8 cm³/mol. The maximum atomic E-state index is 13.7. The van der Waals surface area contributed by atoms with E-state index in [1.807, 2.05) is 36.4 Å². The van der Waals surface area contributed by atoms with Gasteiger partial charge in [-0.05, 0) is 11.5 Å². The molecule has 0 unspecified atom stereocenters. The molecule has 3 rings (SSSR count). The van der Waals surface area contributed by atoms with Gasteiger partial charge in [-0.3, -0.25) is 0 Å². The van der Waals surface area contributed by atoms with E-state index in [0.29, 0.717) is 5.69 Å². The van der Waals surface area contributed by atoms with Gasteiger partial charge in [0, 0.05) is 17.1 Å². The molecule has 0 spiro atoms. The van der Waals surface area contributed by atoms with Gasteiger partial charge in [0.1, 0.15) is 0 Å². The van der Waals surface area contributed by atoms with E-state index >= 15 is 0 Å². The third kappa shape index (κ3) is 2.14. The number of nitrogens with two attached hydrogens (primary N) is 1. The van der Waals surface area contributed by atoms with Crippen molar-refractivity contribution in [3.63, 3.8) is 0 Å². The molecule has 0 amide bonds.